The lowest BCUT2D eigenvalue weighted by Crippen LogP contribution is -2.46. The molecule has 1 aliphatic heterocycles. The van der Waals surface area contributed by atoms with Crippen molar-refractivity contribution in [3.05, 3.63) is 41.8 Å². The van der Waals surface area contributed by atoms with Crippen molar-refractivity contribution in [3.8, 4) is 0 Å². The van der Waals surface area contributed by atoms with Crippen molar-refractivity contribution in [2.45, 2.75) is 32.9 Å². The van der Waals surface area contributed by atoms with Gasteiger partial charge in [0.05, 0.1) is 11.7 Å². The van der Waals surface area contributed by atoms with Gasteiger partial charge in [-0.25, -0.2) is 0 Å². The lowest BCUT2D eigenvalue weighted by molar-refractivity contribution is 0.0839. The Hall–Kier alpha value is -1.79. The normalized spacial score (nSPS) is 18.5. The Morgan fingerprint density at radius 3 is 2.68 bits per heavy atom. The average molecular weight is 301 g/mol. The molecule has 6 heteroatoms. The van der Waals surface area contributed by atoms with Crippen LogP contribution in [-0.2, 0) is 13.0 Å². The van der Waals surface area contributed by atoms with E-state index >= 15 is 0 Å². The van der Waals surface area contributed by atoms with Gasteiger partial charge in [0.15, 0.2) is 5.82 Å². The fourth-order valence-electron chi connectivity index (χ4n) is 2.77. The molecule has 0 amide bonds. The van der Waals surface area contributed by atoms with E-state index in [-0.39, 0.29) is 6.04 Å². The standard InChI is InChI=1S/C16H23N5O/c1-3-15-18-16(22-19-15)13(2)21-10-8-20(9-11-21)12-14-6-4-5-7-17-14/h4-7,13H,3,8-12H2,1-2H3/t13-/m1/s1. The van der Waals surface area contributed by atoms with E-state index in [0.29, 0.717) is 0 Å². The summed E-state index contributed by atoms with van der Waals surface area (Å²) in [4.78, 5) is 13.7. The topological polar surface area (TPSA) is 58.3 Å². The van der Waals surface area contributed by atoms with Crippen LogP contribution in [0.5, 0.6) is 0 Å². The molecule has 1 aliphatic rings. The number of pyridine rings is 1. The smallest absolute Gasteiger partial charge is 0.243 e. The largest absolute Gasteiger partial charge is 0.338 e. The van der Waals surface area contributed by atoms with Crippen molar-refractivity contribution in [2.24, 2.45) is 0 Å². The molecule has 1 atom stereocenters. The number of hydrogen-bond acceptors (Lipinski definition) is 6. The summed E-state index contributed by atoms with van der Waals surface area (Å²) in [7, 11) is 0. The zero-order chi connectivity index (χ0) is 15.4. The zero-order valence-corrected chi connectivity index (χ0v) is 13.3. The molecule has 0 N–H and O–H groups in total. The van der Waals surface area contributed by atoms with Crippen LogP contribution in [0.25, 0.3) is 0 Å². The highest BCUT2D eigenvalue weighted by Crippen LogP contribution is 2.20. The SMILES string of the molecule is CCc1noc([C@@H](C)N2CCN(Cc3ccccn3)CC2)n1. The first-order valence-corrected chi connectivity index (χ1v) is 7.95. The van der Waals surface area contributed by atoms with E-state index in [1.54, 1.807) is 0 Å². The Labute approximate surface area is 131 Å². The third-order valence-corrected chi connectivity index (χ3v) is 4.22. The maximum Gasteiger partial charge on any atom is 0.243 e. The monoisotopic (exact) mass is 301 g/mol. The third-order valence-electron chi connectivity index (χ3n) is 4.22. The van der Waals surface area contributed by atoms with Gasteiger partial charge in [0, 0.05) is 45.3 Å². The summed E-state index contributed by atoms with van der Waals surface area (Å²) in [5.41, 5.74) is 1.13. The predicted octanol–water partition coefficient (Wildman–Crippen LogP) is 1.91. The molecule has 6 nitrogen and oxygen atoms in total. The lowest BCUT2D eigenvalue weighted by atomic mass is 10.2. The number of rotatable bonds is 5. The van der Waals surface area contributed by atoms with Crippen LogP contribution >= 0.6 is 0 Å². The van der Waals surface area contributed by atoms with Gasteiger partial charge in [0.1, 0.15) is 0 Å². The van der Waals surface area contributed by atoms with Gasteiger partial charge in [-0.05, 0) is 19.1 Å². The molecule has 3 heterocycles. The molecule has 0 unspecified atom stereocenters. The molecule has 22 heavy (non-hydrogen) atoms. The lowest BCUT2D eigenvalue weighted by Gasteiger charge is -2.36. The van der Waals surface area contributed by atoms with Crippen LogP contribution in [0.1, 0.15) is 37.3 Å². The molecular weight excluding hydrogens is 278 g/mol. The van der Waals surface area contributed by atoms with Gasteiger partial charge in [-0.15, -0.1) is 0 Å². The van der Waals surface area contributed by atoms with E-state index in [1.807, 2.05) is 25.3 Å². The van der Waals surface area contributed by atoms with Gasteiger partial charge in [-0.1, -0.05) is 18.1 Å². The summed E-state index contributed by atoms with van der Waals surface area (Å²) in [6.45, 7) is 9.20. The Morgan fingerprint density at radius 1 is 1.23 bits per heavy atom. The summed E-state index contributed by atoms with van der Waals surface area (Å²) in [6.07, 6.45) is 2.67. The highest BCUT2D eigenvalue weighted by molar-refractivity contribution is 5.03. The maximum atomic E-state index is 5.37. The quantitative estimate of drug-likeness (QED) is 0.841. The van der Waals surface area contributed by atoms with E-state index in [9.17, 15) is 0 Å². The molecule has 118 valence electrons. The summed E-state index contributed by atoms with van der Waals surface area (Å²) in [6, 6.07) is 6.27. The fraction of sp³-hybridized carbons (Fsp3) is 0.562. The van der Waals surface area contributed by atoms with E-state index in [4.69, 9.17) is 4.52 Å². The number of hydrogen-bond donors (Lipinski definition) is 0. The minimum Gasteiger partial charge on any atom is -0.338 e. The van der Waals surface area contributed by atoms with Crippen LogP contribution in [0.2, 0.25) is 0 Å². The average Bonchev–Trinajstić information content (AvgIpc) is 3.05. The molecule has 3 rings (SSSR count). The summed E-state index contributed by atoms with van der Waals surface area (Å²) >= 11 is 0. The van der Waals surface area contributed by atoms with Crippen molar-refractivity contribution >= 4 is 0 Å². The second-order valence-electron chi connectivity index (χ2n) is 5.71. The van der Waals surface area contributed by atoms with Gasteiger partial charge in [0.2, 0.25) is 5.89 Å². The van der Waals surface area contributed by atoms with Crippen LogP contribution in [0.3, 0.4) is 0 Å². The van der Waals surface area contributed by atoms with Gasteiger partial charge >= 0.3 is 0 Å². The minimum absolute atomic E-state index is 0.185. The number of nitrogens with zero attached hydrogens (tertiary/aromatic N) is 5. The first kappa shape index (κ1) is 15.1. The first-order chi connectivity index (χ1) is 10.8. The molecular formula is C16H23N5O. The van der Waals surface area contributed by atoms with Crippen molar-refractivity contribution in [3.63, 3.8) is 0 Å². The summed E-state index contributed by atoms with van der Waals surface area (Å²) in [5, 5.41) is 3.99. The van der Waals surface area contributed by atoms with E-state index in [2.05, 4.69) is 37.9 Å². The molecule has 0 bridgehead atoms. The predicted molar refractivity (Wildman–Crippen MR) is 83.2 cm³/mol. The molecule has 2 aromatic heterocycles. The number of aryl methyl sites for hydroxylation is 1. The molecule has 0 aliphatic carbocycles. The molecule has 0 spiro atoms. The minimum atomic E-state index is 0.185. The van der Waals surface area contributed by atoms with Crippen molar-refractivity contribution in [1.82, 2.24) is 24.9 Å². The van der Waals surface area contributed by atoms with Crippen molar-refractivity contribution < 1.29 is 4.52 Å². The fourth-order valence-corrected chi connectivity index (χ4v) is 2.77. The molecule has 1 saturated heterocycles. The van der Waals surface area contributed by atoms with Crippen molar-refractivity contribution in [2.75, 3.05) is 26.2 Å². The number of aromatic nitrogens is 3. The highest BCUT2D eigenvalue weighted by atomic mass is 16.5. The molecule has 1 fully saturated rings. The van der Waals surface area contributed by atoms with Crippen LogP contribution in [0.4, 0.5) is 0 Å². The molecule has 0 saturated carbocycles. The third kappa shape index (κ3) is 3.51. The van der Waals surface area contributed by atoms with Crippen LogP contribution in [0.15, 0.2) is 28.9 Å². The zero-order valence-electron chi connectivity index (χ0n) is 13.3. The Balaban J connectivity index is 1.52. The van der Waals surface area contributed by atoms with Gasteiger partial charge < -0.3 is 4.52 Å². The van der Waals surface area contributed by atoms with E-state index in [1.165, 1.54) is 0 Å². The van der Waals surface area contributed by atoms with Gasteiger partial charge in [-0.2, -0.15) is 4.98 Å². The molecule has 2 aromatic rings. The van der Waals surface area contributed by atoms with Crippen molar-refractivity contribution in [1.29, 1.82) is 0 Å². The van der Waals surface area contributed by atoms with Crippen LogP contribution in [-0.4, -0.2) is 51.1 Å². The summed E-state index contributed by atoms with van der Waals surface area (Å²) < 4.78 is 5.37. The van der Waals surface area contributed by atoms with Crippen LogP contribution in [0, 0.1) is 0 Å². The first-order valence-electron chi connectivity index (χ1n) is 7.95. The van der Waals surface area contributed by atoms with Crippen LogP contribution < -0.4 is 0 Å². The molecule has 0 aromatic carbocycles. The van der Waals surface area contributed by atoms with Gasteiger partial charge in [0.25, 0.3) is 0 Å². The number of piperazine rings is 1. The molecule has 0 radical (unpaired) electrons. The Kier molecular flexibility index (Phi) is 4.80. The second kappa shape index (κ2) is 6.98. The van der Waals surface area contributed by atoms with E-state index in [0.717, 1.165) is 56.6 Å². The highest BCUT2D eigenvalue weighted by Gasteiger charge is 2.25. The van der Waals surface area contributed by atoms with Gasteiger partial charge in [-0.3, -0.25) is 14.8 Å². The Bertz CT molecular complexity index is 577. The summed E-state index contributed by atoms with van der Waals surface area (Å²) in [5.74, 6) is 1.52. The second-order valence-corrected chi connectivity index (χ2v) is 5.71. The van der Waals surface area contributed by atoms with E-state index < -0.39 is 0 Å². The Morgan fingerprint density at radius 2 is 2.05 bits per heavy atom. The maximum absolute atomic E-state index is 5.37.